The summed E-state index contributed by atoms with van der Waals surface area (Å²) in [5.74, 6) is -0.154. The van der Waals surface area contributed by atoms with E-state index in [4.69, 9.17) is 4.74 Å². The highest BCUT2D eigenvalue weighted by molar-refractivity contribution is 6.35. The Morgan fingerprint density at radius 2 is 2.00 bits per heavy atom. The molecular weight excluding hydrogens is 407 g/mol. The van der Waals surface area contributed by atoms with Crippen LogP contribution in [-0.4, -0.2) is 29.0 Å². The second kappa shape index (κ2) is 6.95. The normalized spacial score (nSPS) is 15.8. The van der Waals surface area contributed by atoms with Crippen molar-refractivity contribution in [2.24, 2.45) is 0 Å². The lowest BCUT2D eigenvalue weighted by Gasteiger charge is -2.21. The Hall–Kier alpha value is -4.13. The minimum absolute atomic E-state index is 0.259. The average Bonchev–Trinajstić information content (AvgIpc) is 3.34. The van der Waals surface area contributed by atoms with E-state index >= 15 is 4.39 Å². The zero-order valence-electron chi connectivity index (χ0n) is 17.3. The number of aromatic nitrogens is 2. The van der Waals surface area contributed by atoms with Gasteiger partial charge < -0.3 is 20.4 Å². The van der Waals surface area contributed by atoms with Crippen LogP contribution < -0.4 is 15.4 Å². The van der Waals surface area contributed by atoms with E-state index in [-0.39, 0.29) is 5.91 Å². The molecule has 0 saturated carbocycles. The molecule has 0 unspecified atom stereocenters. The summed E-state index contributed by atoms with van der Waals surface area (Å²) in [4.78, 5) is 20.4. The summed E-state index contributed by atoms with van der Waals surface area (Å²) in [5, 5.41) is 7.12. The summed E-state index contributed by atoms with van der Waals surface area (Å²) in [6, 6.07) is 13.0. The number of ether oxygens (including phenoxy) is 1. The van der Waals surface area contributed by atoms with Crippen LogP contribution in [0, 0.1) is 12.7 Å². The highest BCUT2D eigenvalue weighted by atomic mass is 19.1. The number of hydrogen-bond acceptors (Lipinski definition) is 4. The Morgan fingerprint density at radius 1 is 1.12 bits per heavy atom. The van der Waals surface area contributed by atoms with Crippen molar-refractivity contribution in [1.82, 2.24) is 9.97 Å². The summed E-state index contributed by atoms with van der Waals surface area (Å²) in [6.45, 7) is 3.12. The van der Waals surface area contributed by atoms with Crippen LogP contribution in [0.25, 0.3) is 33.7 Å². The van der Waals surface area contributed by atoms with Crippen molar-refractivity contribution in [3.05, 3.63) is 71.3 Å². The van der Waals surface area contributed by atoms with Gasteiger partial charge in [-0.1, -0.05) is 18.2 Å². The van der Waals surface area contributed by atoms with Gasteiger partial charge in [-0.05, 0) is 48.2 Å². The molecule has 2 aromatic heterocycles. The molecule has 0 aliphatic carbocycles. The van der Waals surface area contributed by atoms with Gasteiger partial charge in [-0.3, -0.25) is 4.79 Å². The average molecular weight is 426 g/mol. The van der Waals surface area contributed by atoms with Gasteiger partial charge >= 0.3 is 0 Å². The molecule has 4 aromatic rings. The number of pyridine rings is 1. The van der Waals surface area contributed by atoms with Crippen molar-refractivity contribution in [2.75, 3.05) is 23.8 Å². The number of carbonyl (C=O) groups is 1. The Morgan fingerprint density at radius 3 is 2.88 bits per heavy atom. The molecule has 0 atom stereocenters. The first-order chi connectivity index (χ1) is 15.6. The molecule has 2 aliphatic heterocycles. The number of nitrogens with zero attached hydrogens (tertiary/aromatic N) is 1. The molecular formula is C25H19FN4O2. The number of hydrogen-bond donors (Lipinski definition) is 3. The summed E-state index contributed by atoms with van der Waals surface area (Å²) in [5.41, 5.74) is 6.08. The van der Waals surface area contributed by atoms with E-state index < -0.39 is 5.82 Å². The summed E-state index contributed by atoms with van der Waals surface area (Å²) >= 11 is 0. The quantitative estimate of drug-likeness (QED) is 0.395. The number of carbonyl (C=O) groups excluding carboxylic acids is 1. The molecule has 4 heterocycles. The zero-order chi connectivity index (χ0) is 21.8. The number of para-hydroxylation sites is 1. The molecule has 7 heteroatoms. The van der Waals surface area contributed by atoms with Crippen molar-refractivity contribution < 1.29 is 13.9 Å². The van der Waals surface area contributed by atoms with Crippen LogP contribution in [0.2, 0.25) is 0 Å². The van der Waals surface area contributed by atoms with Crippen molar-refractivity contribution in [2.45, 2.75) is 6.92 Å². The molecule has 3 N–H and O–H groups in total. The topological polar surface area (TPSA) is 79.0 Å². The fraction of sp³-hybridized carbons (Fsp3) is 0.120. The minimum Gasteiger partial charge on any atom is -0.474 e. The number of anilines is 2. The number of aromatic amines is 1. The second-order valence-electron chi connectivity index (χ2n) is 7.95. The van der Waals surface area contributed by atoms with E-state index in [9.17, 15) is 4.79 Å². The fourth-order valence-electron chi connectivity index (χ4n) is 4.38. The van der Waals surface area contributed by atoms with Gasteiger partial charge in [-0.15, -0.1) is 0 Å². The SMILES string of the molecule is Cc1c(-c2cc3c(cc2F)NC(=O)/C3=C\c2cc3ccccc3[nH]2)cnc2c1NCCO2. The third-order valence-electron chi connectivity index (χ3n) is 5.98. The molecule has 0 bridgehead atoms. The number of rotatable bonds is 2. The highest BCUT2D eigenvalue weighted by Crippen LogP contribution is 2.41. The van der Waals surface area contributed by atoms with E-state index in [0.29, 0.717) is 47.0 Å². The number of H-pyrrole nitrogens is 1. The van der Waals surface area contributed by atoms with Crippen LogP contribution in [0.4, 0.5) is 15.8 Å². The van der Waals surface area contributed by atoms with Crippen LogP contribution in [0.15, 0.2) is 48.7 Å². The maximum absolute atomic E-state index is 15.1. The standard InChI is InChI=1S/C25H19FN4O2/c1-13-19(12-28-25-23(13)27-6-7-32-25)16-10-17-18(24(31)30-22(17)11-20(16)26)9-15-8-14-4-2-3-5-21(14)29-15/h2-5,8-12,27,29H,6-7H2,1H3,(H,30,31)/b18-9-. The van der Waals surface area contributed by atoms with Gasteiger partial charge in [0.1, 0.15) is 18.1 Å². The largest absolute Gasteiger partial charge is 0.474 e. The van der Waals surface area contributed by atoms with E-state index in [1.54, 1.807) is 18.3 Å². The third-order valence-corrected chi connectivity index (χ3v) is 5.98. The van der Waals surface area contributed by atoms with E-state index in [0.717, 1.165) is 27.8 Å². The number of nitrogens with one attached hydrogen (secondary N) is 3. The van der Waals surface area contributed by atoms with Crippen molar-refractivity contribution in [3.63, 3.8) is 0 Å². The lowest BCUT2D eigenvalue weighted by Crippen LogP contribution is -2.20. The van der Waals surface area contributed by atoms with Crippen LogP contribution >= 0.6 is 0 Å². The first kappa shape index (κ1) is 18.6. The molecule has 2 aromatic carbocycles. The van der Waals surface area contributed by atoms with Crippen LogP contribution in [0.5, 0.6) is 5.88 Å². The van der Waals surface area contributed by atoms with Gasteiger partial charge in [-0.2, -0.15) is 0 Å². The Kier molecular flexibility index (Phi) is 4.04. The smallest absolute Gasteiger partial charge is 0.256 e. The fourth-order valence-corrected chi connectivity index (χ4v) is 4.38. The Bertz CT molecular complexity index is 1420. The Labute approximate surface area is 183 Å². The van der Waals surface area contributed by atoms with Gasteiger partial charge in [0.25, 0.3) is 5.91 Å². The number of benzene rings is 2. The maximum atomic E-state index is 15.1. The van der Waals surface area contributed by atoms with Crippen molar-refractivity contribution in [3.8, 4) is 17.0 Å². The maximum Gasteiger partial charge on any atom is 0.256 e. The van der Waals surface area contributed by atoms with Crippen LogP contribution in [-0.2, 0) is 4.79 Å². The lowest BCUT2D eigenvalue weighted by molar-refractivity contribution is -0.110. The summed E-state index contributed by atoms with van der Waals surface area (Å²) < 4.78 is 20.7. The van der Waals surface area contributed by atoms with Crippen LogP contribution in [0.3, 0.4) is 0 Å². The number of amides is 1. The molecule has 2 aliphatic rings. The minimum atomic E-state index is -0.419. The van der Waals surface area contributed by atoms with Gasteiger partial charge in [0, 0.05) is 40.6 Å². The molecule has 0 spiro atoms. The lowest BCUT2D eigenvalue weighted by atomic mass is 9.96. The first-order valence-corrected chi connectivity index (χ1v) is 10.4. The van der Waals surface area contributed by atoms with E-state index in [1.165, 1.54) is 6.07 Å². The molecule has 1 amide bonds. The second-order valence-corrected chi connectivity index (χ2v) is 7.95. The molecule has 158 valence electrons. The zero-order valence-corrected chi connectivity index (χ0v) is 17.3. The van der Waals surface area contributed by atoms with Crippen LogP contribution in [0.1, 0.15) is 16.8 Å². The monoisotopic (exact) mass is 426 g/mol. The highest BCUT2D eigenvalue weighted by Gasteiger charge is 2.28. The van der Waals surface area contributed by atoms with Gasteiger partial charge in [-0.25, -0.2) is 9.37 Å². The van der Waals surface area contributed by atoms with E-state index in [2.05, 4.69) is 20.6 Å². The molecule has 0 saturated heterocycles. The number of fused-ring (bicyclic) bond motifs is 3. The number of halogens is 1. The van der Waals surface area contributed by atoms with Gasteiger partial charge in [0.15, 0.2) is 0 Å². The van der Waals surface area contributed by atoms with E-state index in [1.807, 2.05) is 37.3 Å². The molecule has 32 heavy (non-hydrogen) atoms. The Balaban J connectivity index is 1.48. The molecule has 6 rings (SSSR count). The summed E-state index contributed by atoms with van der Waals surface area (Å²) in [6.07, 6.45) is 3.42. The molecule has 6 nitrogen and oxygen atoms in total. The molecule has 0 radical (unpaired) electrons. The predicted molar refractivity (Wildman–Crippen MR) is 123 cm³/mol. The molecule has 0 fully saturated rings. The van der Waals surface area contributed by atoms with Crippen molar-refractivity contribution in [1.29, 1.82) is 0 Å². The third kappa shape index (κ3) is 2.85. The predicted octanol–water partition coefficient (Wildman–Crippen LogP) is 4.97. The van der Waals surface area contributed by atoms with Gasteiger partial charge in [0.2, 0.25) is 5.88 Å². The van der Waals surface area contributed by atoms with Crippen molar-refractivity contribution >= 4 is 39.8 Å². The first-order valence-electron chi connectivity index (χ1n) is 10.4. The summed E-state index contributed by atoms with van der Waals surface area (Å²) in [7, 11) is 0. The van der Waals surface area contributed by atoms with Gasteiger partial charge in [0.05, 0.1) is 11.3 Å².